The van der Waals surface area contributed by atoms with Crippen LogP contribution >= 0.6 is 11.6 Å². The summed E-state index contributed by atoms with van der Waals surface area (Å²) >= 11 is 6.40. The van der Waals surface area contributed by atoms with Crippen molar-refractivity contribution in [1.82, 2.24) is 4.98 Å². The van der Waals surface area contributed by atoms with Crippen LogP contribution in [0.25, 0.3) is 22.3 Å². The van der Waals surface area contributed by atoms with Crippen LogP contribution < -0.4 is 5.32 Å². The number of aromatic nitrogens is 1. The summed E-state index contributed by atoms with van der Waals surface area (Å²) in [4.78, 5) is 15.3. The minimum absolute atomic E-state index is 0.0939. The third-order valence-electron chi connectivity index (χ3n) is 4.41. The lowest BCUT2D eigenvalue weighted by Gasteiger charge is -2.14. The molecule has 4 rings (SSSR count). The molecule has 3 nitrogen and oxygen atoms in total. The first-order valence-electron chi connectivity index (χ1n) is 8.07. The van der Waals surface area contributed by atoms with Gasteiger partial charge in [0.15, 0.2) is 0 Å². The van der Waals surface area contributed by atoms with Gasteiger partial charge >= 0.3 is 6.18 Å². The molecule has 1 N–H and O–H groups in total. The number of benzene rings is 2. The maximum absolute atomic E-state index is 13.1. The Morgan fingerprint density at radius 2 is 1.85 bits per heavy atom. The van der Waals surface area contributed by atoms with Crippen molar-refractivity contribution in [3.8, 4) is 22.3 Å². The molecule has 0 bridgehead atoms. The molecule has 2 heterocycles. The lowest BCUT2D eigenvalue weighted by atomic mass is 9.93. The quantitative estimate of drug-likeness (QED) is 0.622. The number of hydrogen-bond donors (Lipinski definition) is 1. The summed E-state index contributed by atoms with van der Waals surface area (Å²) in [7, 11) is 0. The van der Waals surface area contributed by atoms with E-state index in [1.165, 1.54) is 6.20 Å². The molecule has 0 aliphatic carbocycles. The third kappa shape index (κ3) is 3.28. The van der Waals surface area contributed by atoms with Crippen LogP contribution in [0.15, 0.2) is 54.9 Å². The number of carbonyl (C=O) groups is 1. The van der Waals surface area contributed by atoms with Crippen LogP contribution in [-0.2, 0) is 17.4 Å². The first-order valence-corrected chi connectivity index (χ1v) is 8.45. The summed E-state index contributed by atoms with van der Waals surface area (Å²) in [5, 5.41) is 3.16. The van der Waals surface area contributed by atoms with Crippen molar-refractivity contribution in [2.75, 3.05) is 5.32 Å². The number of alkyl halides is 3. The van der Waals surface area contributed by atoms with E-state index < -0.39 is 11.7 Å². The number of amides is 1. The first kappa shape index (κ1) is 17.5. The lowest BCUT2D eigenvalue weighted by molar-refractivity contribution is -0.137. The van der Waals surface area contributed by atoms with Crippen LogP contribution in [0.2, 0.25) is 5.02 Å². The molecule has 0 radical (unpaired) electrons. The SMILES string of the molecule is O=C1Cc2cc(-c3c(Cl)cccc3-c3cncc(C(F)(F)F)c3)ccc2N1. The normalized spacial score (nSPS) is 13.4. The van der Waals surface area contributed by atoms with Crippen molar-refractivity contribution in [3.05, 3.63) is 71.0 Å². The molecule has 0 fully saturated rings. The smallest absolute Gasteiger partial charge is 0.326 e. The molecule has 0 spiro atoms. The highest BCUT2D eigenvalue weighted by atomic mass is 35.5. The standard InChI is InChI=1S/C20H12ClF3N2O/c21-16-3-1-2-15(13-7-14(10-25-9-13)20(22,23)24)19(16)11-4-5-17-12(6-11)8-18(27)26-17/h1-7,9-10H,8H2,(H,26,27). The fraction of sp³-hybridized carbons (Fsp3) is 0.100. The van der Waals surface area contributed by atoms with Gasteiger partial charge in [0, 0.05) is 34.2 Å². The molecule has 7 heteroatoms. The molecule has 1 amide bonds. The van der Waals surface area contributed by atoms with Gasteiger partial charge in [0.2, 0.25) is 5.91 Å². The highest BCUT2D eigenvalue weighted by Gasteiger charge is 2.31. The number of rotatable bonds is 2. The van der Waals surface area contributed by atoms with Crippen molar-refractivity contribution >= 4 is 23.2 Å². The van der Waals surface area contributed by atoms with Gasteiger partial charge in [-0.1, -0.05) is 29.8 Å². The maximum atomic E-state index is 13.1. The van der Waals surface area contributed by atoms with Gasteiger partial charge in [-0.3, -0.25) is 9.78 Å². The van der Waals surface area contributed by atoms with Gasteiger partial charge in [0.25, 0.3) is 0 Å². The number of nitrogens with zero attached hydrogens (tertiary/aromatic N) is 1. The lowest BCUT2D eigenvalue weighted by Crippen LogP contribution is -2.05. The van der Waals surface area contributed by atoms with Crippen LogP contribution in [-0.4, -0.2) is 10.9 Å². The molecule has 0 unspecified atom stereocenters. The van der Waals surface area contributed by atoms with Gasteiger partial charge in [-0.2, -0.15) is 13.2 Å². The van der Waals surface area contributed by atoms with Gasteiger partial charge in [0.1, 0.15) is 0 Å². The fourth-order valence-corrected chi connectivity index (χ4v) is 3.47. The van der Waals surface area contributed by atoms with E-state index in [9.17, 15) is 18.0 Å². The second kappa shape index (κ2) is 6.39. The number of nitrogens with one attached hydrogen (secondary N) is 1. The van der Waals surface area contributed by atoms with Crippen molar-refractivity contribution in [2.45, 2.75) is 12.6 Å². The highest BCUT2D eigenvalue weighted by molar-refractivity contribution is 6.34. The van der Waals surface area contributed by atoms with E-state index in [0.717, 1.165) is 29.1 Å². The molecule has 2 aromatic carbocycles. The molecule has 1 aliphatic heterocycles. The molecular weight excluding hydrogens is 377 g/mol. The second-order valence-electron chi connectivity index (χ2n) is 6.22. The Kier molecular flexibility index (Phi) is 4.15. The Balaban J connectivity index is 1.87. The second-order valence-corrected chi connectivity index (χ2v) is 6.63. The Labute approximate surface area is 157 Å². The zero-order valence-electron chi connectivity index (χ0n) is 13.8. The number of fused-ring (bicyclic) bond motifs is 1. The zero-order chi connectivity index (χ0) is 19.2. The number of anilines is 1. The van der Waals surface area contributed by atoms with E-state index in [2.05, 4.69) is 10.3 Å². The van der Waals surface area contributed by atoms with Crippen molar-refractivity contribution in [3.63, 3.8) is 0 Å². The van der Waals surface area contributed by atoms with Crippen molar-refractivity contribution in [1.29, 1.82) is 0 Å². The van der Waals surface area contributed by atoms with Crippen LogP contribution in [0.5, 0.6) is 0 Å². The van der Waals surface area contributed by atoms with Gasteiger partial charge < -0.3 is 5.32 Å². The van der Waals surface area contributed by atoms with E-state index in [0.29, 0.717) is 21.7 Å². The molecule has 0 saturated carbocycles. The van der Waals surface area contributed by atoms with E-state index in [1.54, 1.807) is 30.3 Å². The average Bonchev–Trinajstić information content (AvgIpc) is 3.00. The Bertz CT molecular complexity index is 1060. The number of pyridine rings is 1. The Morgan fingerprint density at radius 3 is 2.63 bits per heavy atom. The predicted molar refractivity (Wildman–Crippen MR) is 97.5 cm³/mol. The van der Waals surface area contributed by atoms with Gasteiger partial charge in [0.05, 0.1) is 12.0 Å². The highest BCUT2D eigenvalue weighted by Crippen LogP contribution is 2.40. The summed E-state index contributed by atoms with van der Waals surface area (Å²) in [5.74, 6) is -0.0939. The average molecular weight is 389 g/mol. The van der Waals surface area contributed by atoms with Crippen LogP contribution in [0.3, 0.4) is 0 Å². The predicted octanol–water partition coefficient (Wildman–Crippen LogP) is 5.58. The summed E-state index contributed by atoms with van der Waals surface area (Å²) in [6.45, 7) is 0. The van der Waals surface area contributed by atoms with Crippen LogP contribution in [0.4, 0.5) is 18.9 Å². The summed E-state index contributed by atoms with van der Waals surface area (Å²) < 4.78 is 39.2. The first-order chi connectivity index (χ1) is 12.8. The molecule has 136 valence electrons. The molecule has 1 aliphatic rings. The summed E-state index contributed by atoms with van der Waals surface area (Å²) in [5.41, 5.74) is 2.92. The van der Waals surface area contributed by atoms with E-state index in [-0.39, 0.29) is 12.3 Å². The van der Waals surface area contributed by atoms with Crippen LogP contribution in [0, 0.1) is 0 Å². The zero-order valence-corrected chi connectivity index (χ0v) is 14.5. The topological polar surface area (TPSA) is 42.0 Å². The van der Waals surface area contributed by atoms with Crippen molar-refractivity contribution < 1.29 is 18.0 Å². The van der Waals surface area contributed by atoms with Gasteiger partial charge in [-0.15, -0.1) is 0 Å². The summed E-state index contributed by atoms with van der Waals surface area (Å²) in [6.07, 6.45) is -2.06. The summed E-state index contributed by atoms with van der Waals surface area (Å²) in [6, 6.07) is 11.5. The monoisotopic (exact) mass is 388 g/mol. The largest absolute Gasteiger partial charge is 0.417 e. The number of halogens is 4. The minimum Gasteiger partial charge on any atom is -0.326 e. The van der Waals surface area contributed by atoms with Crippen molar-refractivity contribution in [2.24, 2.45) is 0 Å². The number of carbonyl (C=O) groups excluding carboxylic acids is 1. The fourth-order valence-electron chi connectivity index (χ4n) is 3.19. The van der Waals surface area contributed by atoms with Gasteiger partial charge in [-0.05, 0) is 41.0 Å². The van der Waals surface area contributed by atoms with Crippen LogP contribution in [0.1, 0.15) is 11.1 Å². The van der Waals surface area contributed by atoms with E-state index in [4.69, 9.17) is 11.6 Å². The van der Waals surface area contributed by atoms with E-state index >= 15 is 0 Å². The Hall–Kier alpha value is -2.86. The van der Waals surface area contributed by atoms with Gasteiger partial charge in [-0.25, -0.2) is 0 Å². The molecular formula is C20H12ClF3N2O. The number of hydrogen-bond acceptors (Lipinski definition) is 2. The minimum atomic E-state index is -4.48. The van der Waals surface area contributed by atoms with E-state index in [1.807, 2.05) is 6.07 Å². The molecule has 3 aromatic rings. The molecule has 27 heavy (non-hydrogen) atoms. The molecule has 1 aromatic heterocycles. The maximum Gasteiger partial charge on any atom is 0.417 e. The molecule has 0 saturated heterocycles. The Morgan fingerprint density at radius 1 is 1.04 bits per heavy atom. The third-order valence-corrected chi connectivity index (χ3v) is 4.72. The molecule has 0 atom stereocenters.